The fourth-order valence-corrected chi connectivity index (χ4v) is 3.78. The Balaban J connectivity index is 1.50. The smallest absolute Gasteiger partial charge is 0.231 e. The van der Waals surface area contributed by atoms with Crippen LogP contribution < -0.4 is 15.2 Å². The molecule has 8 heteroatoms. The SMILES string of the molecule is Nc1nc(SCC(=O)c2ccc3c(c2)OCO3)nc2sccc12. The molecular weight excluding hydrogens is 334 g/mol. The first kappa shape index (κ1) is 14.3. The van der Waals surface area contributed by atoms with Crippen LogP contribution in [0.25, 0.3) is 10.2 Å². The van der Waals surface area contributed by atoms with Crippen molar-refractivity contribution < 1.29 is 14.3 Å². The van der Waals surface area contributed by atoms with E-state index in [2.05, 4.69) is 9.97 Å². The quantitative estimate of drug-likeness (QED) is 0.442. The van der Waals surface area contributed by atoms with Gasteiger partial charge >= 0.3 is 0 Å². The number of aromatic nitrogens is 2. The van der Waals surface area contributed by atoms with E-state index in [1.54, 1.807) is 18.2 Å². The van der Waals surface area contributed by atoms with Crippen LogP contribution in [0.3, 0.4) is 0 Å². The zero-order valence-corrected chi connectivity index (χ0v) is 13.4. The van der Waals surface area contributed by atoms with Gasteiger partial charge in [-0.25, -0.2) is 9.97 Å². The minimum atomic E-state index is -0.0262. The van der Waals surface area contributed by atoms with Crippen LogP contribution in [0.2, 0.25) is 0 Å². The molecule has 0 aliphatic carbocycles. The van der Waals surface area contributed by atoms with Gasteiger partial charge in [0.1, 0.15) is 10.6 Å². The second kappa shape index (κ2) is 5.71. The summed E-state index contributed by atoms with van der Waals surface area (Å²) >= 11 is 2.77. The molecule has 1 aromatic carbocycles. The number of nitrogens with zero attached hydrogens (tertiary/aromatic N) is 2. The number of nitrogens with two attached hydrogens (primary N) is 1. The van der Waals surface area contributed by atoms with Crippen LogP contribution in [0.4, 0.5) is 5.82 Å². The lowest BCUT2D eigenvalue weighted by Gasteiger charge is -2.03. The normalized spacial score (nSPS) is 12.7. The Labute approximate surface area is 139 Å². The molecular formula is C15H11N3O3S2. The second-order valence-corrected chi connectivity index (χ2v) is 6.65. The van der Waals surface area contributed by atoms with Crippen molar-refractivity contribution in [2.45, 2.75) is 5.16 Å². The van der Waals surface area contributed by atoms with Crippen molar-refractivity contribution in [3.8, 4) is 11.5 Å². The molecule has 0 saturated heterocycles. The largest absolute Gasteiger partial charge is 0.454 e. The average molecular weight is 345 g/mol. The fraction of sp³-hybridized carbons (Fsp3) is 0.133. The molecule has 0 saturated carbocycles. The number of hydrogen-bond donors (Lipinski definition) is 1. The van der Waals surface area contributed by atoms with Crippen LogP contribution in [0.5, 0.6) is 11.5 Å². The molecule has 3 heterocycles. The molecule has 0 atom stereocenters. The summed E-state index contributed by atoms with van der Waals surface area (Å²) in [7, 11) is 0. The van der Waals surface area contributed by atoms with Gasteiger partial charge in [-0.3, -0.25) is 4.79 Å². The maximum Gasteiger partial charge on any atom is 0.231 e. The number of ketones is 1. The number of fused-ring (bicyclic) bond motifs is 2. The Morgan fingerprint density at radius 2 is 2.13 bits per heavy atom. The van der Waals surface area contributed by atoms with Crippen LogP contribution in [-0.4, -0.2) is 28.3 Å². The Kier molecular flexibility index (Phi) is 3.55. The third-order valence-electron chi connectivity index (χ3n) is 3.36. The van der Waals surface area contributed by atoms with Crippen molar-refractivity contribution >= 4 is 44.9 Å². The molecule has 0 fully saturated rings. The van der Waals surface area contributed by atoms with E-state index < -0.39 is 0 Å². The van der Waals surface area contributed by atoms with E-state index in [9.17, 15) is 4.79 Å². The van der Waals surface area contributed by atoms with Crippen molar-refractivity contribution in [2.75, 3.05) is 18.3 Å². The van der Waals surface area contributed by atoms with E-state index >= 15 is 0 Å². The Hall–Kier alpha value is -2.32. The number of nitrogen functional groups attached to an aromatic ring is 1. The molecule has 0 spiro atoms. The van der Waals surface area contributed by atoms with Gasteiger partial charge in [-0.05, 0) is 29.6 Å². The van der Waals surface area contributed by atoms with Crippen LogP contribution in [-0.2, 0) is 0 Å². The molecule has 0 amide bonds. The monoisotopic (exact) mass is 345 g/mol. The molecule has 2 aromatic heterocycles. The van der Waals surface area contributed by atoms with E-state index in [-0.39, 0.29) is 18.3 Å². The molecule has 23 heavy (non-hydrogen) atoms. The highest BCUT2D eigenvalue weighted by atomic mass is 32.2. The first-order chi connectivity index (χ1) is 11.2. The van der Waals surface area contributed by atoms with Gasteiger partial charge in [-0.2, -0.15) is 0 Å². The van der Waals surface area contributed by atoms with Gasteiger partial charge in [-0.1, -0.05) is 11.8 Å². The third-order valence-corrected chi connectivity index (χ3v) is 5.01. The maximum atomic E-state index is 12.3. The Morgan fingerprint density at radius 3 is 3.04 bits per heavy atom. The molecule has 116 valence electrons. The Morgan fingerprint density at radius 1 is 1.26 bits per heavy atom. The topological polar surface area (TPSA) is 87.3 Å². The Bertz CT molecular complexity index is 910. The number of benzene rings is 1. The number of carbonyl (C=O) groups excluding carboxylic acids is 1. The van der Waals surface area contributed by atoms with Gasteiger partial charge in [0.15, 0.2) is 22.4 Å². The standard InChI is InChI=1S/C15H11N3O3S2/c16-13-9-3-4-22-14(9)18-15(17-13)23-6-10(19)8-1-2-11-12(5-8)21-7-20-11/h1-5H,6-7H2,(H2,16,17,18). The zero-order valence-electron chi connectivity index (χ0n) is 11.8. The number of thioether (sulfide) groups is 1. The summed E-state index contributed by atoms with van der Waals surface area (Å²) in [6, 6.07) is 7.06. The lowest BCUT2D eigenvalue weighted by atomic mass is 10.1. The number of ether oxygens (including phenoxy) is 2. The van der Waals surface area contributed by atoms with E-state index in [1.807, 2.05) is 11.4 Å². The predicted molar refractivity (Wildman–Crippen MR) is 89.4 cm³/mol. The lowest BCUT2D eigenvalue weighted by molar-refractivity contribution is 0.102. The molecule has 0 unspecified atom stereocenters. The summed E-state index contributed by atoms with van der Waals surface area (Å²) in [4.78, 5) is 21.8. The molecule has 2 N–H and O–H groups in total. The van der Waals surface area contributed by atoms with Crippen LogP contribution >= 0.6 is 23.1 Å². The van der Waals surface area contributed by atoms with Gasteiger partial charge in [0.25, 0.3) is 0 Å². The number of Topliss-reactive ketones (excluding diaryl/α,β-unsaturated/α-hetero) is 1. The number of thiophene rings is 1. The van der Waals surface area contributed by atoms with Gasteiger partial charge in [0.2, 0.25) is 6.79 Å². The van der Waals surface area contributed by atoms with Crippen LogP contribution in [0.15, 0.2) is 34.8 Å². The predicted octanol–water partition coefficient (Wildman–Crippen LogP) is 2.98. The fourth-order valence-electron chi connectivity index (χ4n) is 2.21. The number of rotatable bonds is 4. The maximum absolute atomic E-state index is 12.3. The molecule has 0 radical (unpaired) electrons. The summed E-state index contributed by atoms with van der Waals surface area (Å²) < 4.78 is 10.5. The molecule has 1 aliphatic rings. The van der Waals surface area contributed by atoms with Crippen LogP contribution in [0, 0.1) is 0 Å². The highest BCUT2D eigenvalue weighted by Gasteiger charge is 2.17. The first-order valence-corrected chi connectivity index (χ1v) is 8.63. The molecule has 1 aliphatic heterocycles. The summed E-state index contributed by atoms with van der Waals surface area (Å²) in [5.74, 6) is 1.90. The summed E-state index contributed by atoms with van der Waals surface area (Å²) in [5.41, 5.74) is 6.48. The minimum Gasteiger partial charge on any atom is -0.454 e. The van der Waals surface area contributed by atoms with E-state index in [0.717, 1.165) is 10.2 Å². The highest BCUT2D eigenvalue weighted by molar-refractivity contribution is 7.99. The van der Waals surface area contributed by atoms with Gasteiger partial charge < -0.3 is 15.2 Å². The summed E-state index contributed by atoms with van der Waals surface area (Å²) in [6.07, 6.45) is 0. The van der Waals surface area contributed by atoms with Crippen molar-refractivity contribution in [2.24, 2.45) is 0 Å². The zero-order chi connectivity index (χ0) is 15.8. The van der Waals surface area contributed by atoms with Crippen molar-refractivity contribution in [3.05, 3.63) is 35.2 Å². The lowest BCUT2D eigenvalue weighted by Crippen LogP contribution is -2.04. The highest BCUT2D eigenvalue weighted by Crippen LogP contribution is 2.33. The molecule has 6 nitrogen and oxygen atoms in total. The van der Waals surface area contributed by atoms with Crippen molar-refractivity contribution in [1.29, 1.82) is 0 Å². The van der Waals surface area contributed by atoms with Crippen molar-refractivity contribution in [3.63, 3.8) is 0 Å². The summed E-state index contributed by atoms with van der Waals surface area (Å²) in [5, 5.41) is 3.27. The van der Waals surface area contributed by atoms with Crippen molar-refractivity contribution in [1.82, 2.24) is 9.97 Å². The van der Waals surface area contributed by atoms with Gasteiger partial charge in [-0.15, -0.1) is 11.3 Å². The second-order valence-electron chi connectivity index (χ2n) is 4.81. The van der Waals surface area contributed by atoms with E-state index in [1.165, 1.54) is 23.1 Å². The average Bonchev–Trinajstić information content (AvgIpc) is 3.20. The van der Waals surface area contributed by atoms with Gasteiger partial charge in [0.05, 0.1) is 11.1 Å². The number of anilines is 1. The summed E-state index contributed by atoms with van der Waals surface area (Å²) in [6.45, 7) is 0.190. The molecule has 3 aromatic rings. The van der Waals surface area contributed by atoms with E-state index in [0.29, 0.717) is 28.0 Å². The molecule has 4 rings (SSSR count). The first-order valence-electron chi connectivity index (χ1n) is 6.77. The molecule has 0 bridgehead atoms. The number of hydrogen-bond acceptors (Lipinski definition) is 8. The number of carbonyl (C=O) groups is 1. The third kappa shape index (κ3) is 2.71. The van der Waals surface area contributed by atoms with Gasteiger partial charge in [0, 0.05) is 5.56 Å². The minimum absolute atomic E-state index is 0.0262. The van der Waals surface area contributed by atoms with Crippen LogP contribution in [0.1, 0.15) is 10.4 Å². The van der Waals surface area contributed by atoms with E-state index in [4.69, 9.17) is 15.2 Å².